The molecule has 3 aromatic rings. The third-order valence-electron chi connectivity index (χ3n) is 3.74. The Morgan fingerprint density at radius 2 is 1.96 bits per heavy atom. The first-order valence-corrected chi connectivity index (χ1v) is 7.79. The van der Waals surface area contributed by atoms with E-state index in [1.807, 2.05) is 38.1 Å². The molecule has 1 atom stereocenters. The van der Waals surface area contributed by atoms with Gasteiger partial charge in [0.2, 0.25) is 0 Å². The van der Waals surface area contributed by atoms with Gasteiger partial charge >= 0.3 is 0 Å². The van der Waals surface area contributed by atoms with Crippen LogP contribution in [0.2, 0.25) is 0 Å². The standard InChI is InChI=1S/C19H18FNO3/c1-3-23-16-7-4-13(5-8-16)12(2)21-19(22)18-11-14-10-15(20)6-9-17(14)24-18/h4-12H,3H2,1-2H3,(H,21,22). The summed E-state index contributed by atoms with van der Waals surface area (Å²) in [7, 11) is 0. The molecular weight excluding hydrogens is 309 g/mol. The van der Waals surface area contributed by atoms with Crippen LogP contribution < -0.4 is 10.1 Å². The van der Waals surface area contributed by atoms with Gasteiger partial charge in [-0.25, -0.2) is 4.39 Å². The lowest BCUT2D eigenvalue weighted by Gasteiger charge is -2.14. The van der Waals surface area contributed by atoms with Gasteiger partial charge < -0.3 is 14.5 Å². The van der Waals surface area contributed by atoms with E-state index in [1.165, 1.54) is 18.2 Å². The van der Waals surface area contributed by atoms with Gasteiger partial charge in [0.25, 0.3) is 5.91 Å². The highest BCUT2D eigenvalue weighted by atomic mass is 19.1. The Morgan fingerprint density at radius 1 is 1.21 bits per heavy atom. The van der Waals surface area contributed by atoms with Crippen LogP contribution >= 0.6 is 0 Å². The number of ether oxygens (including phenoxy) is 1. The van der Waals surface area contributed by atoms with Crippen LogP contribution in [0.3, 0.4) is 0 Å². The summed E-state index contributed by atoms with van der Waals surface area (Å²) in [4.78, 5) is 12.3. The lowest BCUT2D eigenvalue weighted by molar-refractivity contribution is 0.0914. The fourth-order valence-electron chi connectivity index (χ4n) is 2.50. The molecule has 0 saturated carbocycles. The molecule has 0 aliphatic carbocycles. The van der Waals surface area contributed by atoms with E-state index >= 15 is 0 Å². The quantitative estimate of drug-likeness (QED) is 0.752. The maximum absolute atomic E-state index is 13.2. The Bertz CT molecular complexity index is 855. The van der Waals surface area contributed by atoms with E-state index in [-0.39, 0.29) is 23.5 Å². The van der Waals surface area contributed by atoms with Gasteiger partial charge in [-0.3, -0.25) is 4.79 Å². The summed E-state index contributed by atoms with van der Waals surface area (Å²) in [6.45, 7) is 4.42. The minimum atomic E-state index is -0.363. The first-order valence-electron chi connectivity index (χ1n) is 7.79. The number of hydrogen-bond donors (Lipinski definition) is 1. The number of hydrogen-bond acceptors (Lipinski definition) is 3. The van der Waals surface area contributed by atoms with Crippen molar-refractivity contribution >= 4 is 16.9 Å². The van der Waals surface area contributed by atoms with Crippen molar-refractivity contribution < 1.29 is 18.3 Å². The molecule has 1 N–H and O–H groups in total. The molecule has 0 radical (unpaired) electrons. The minimum absolute atomic E-state index is 0.161. The third kappa shape index (κ3) is 3.40. The van der Waals surface area contributed by atoms with Crippen molar-refractivity contribution in [2.45, 2.75) is 19.9 Å². The summed E-state index contributed by atoms with van der Waals surface area (Å²) < 4.78 is 24.1. The molecule has 0 bridgehead atoms. The van der Waals surface area contributed by atoms with Crippen molar-refractivity contribution in [1.29, 1.82) is 0 Å². The molecule has 3 rings (SSSR count). The predicted octanol–water partition coefficient (Wildman–Crippen LogP) is 4.46. The van der Waals surface area contributed by atoms with Crippen LogP contribution in [-0.2, 0) is 0 Å². The average molecular weight is 327 g/mol. The van der Waals surface area contributed by atoms with Crippen LogP contribution in [0.15, 0.2) is 52.9 Å². The van der Waals surface area contributed by atoms with Crippen LogP contribution in [0.25, 0.3) is 11.0 Å². The van der Waals surface area contributed by atoms with Gasteiger partial charge in [-0.15, -0.1) is 0 Å². The molecule has 4 nitrogen and oxygen atoms in total. The van der Waals surface area contributed by atoms with Gasteiger partial charge in [-0.2, -0.15) is 0 Å². The number of carbonyl (C=O) groups is 1. The maximum Gasteiger partial charge on any atom is 0.287 e. The SMILES string of the molecule is CCOc1ccc(C(C)NC(=O)c2cc3cc(F)ccc3o2)cc1. The average Bonchev–Trinajstić information content (AvgIpc) is 2.99. The molecule has 1 amide bonds. The summed E-state index contributed by atoms with van der Waals surface area (Å²) in [5.74, 6) is 0.249. The number of amides is 1. The Labute approximate surface area is 139 Å². The highest BCUT2D eigenvalue weighted by molar-refractivity contribution is 5.96. The molecule has 2 aromatic carbocycles. The van der Waals surface area contributed by atoms with Crippen molar-refractivity contribution in [1.82, 2.24) is 5.32 Å². The first kappa shape index (κ1) is 16.1. The number of rotatable bonds is 5. The Morgan fingerprint density at radius 3 is 2.67 bits per heavy atom. The van der Waals surface area contributed by atoms with Crippen LogP contribution in [0, 0.1) is 5.82 Å². The molecule has 0 saturated heterocycles. The number of nitrogens with one attached hydrogen (secondary N) is 1. The lowest BCUT2D eigenvalue weighted by atomic mass is 10.1. The predicted molar refractivity (Wildman–Crippen MR) is 89.7 cm³/mol. The van der Waals surface area contributed by atoms with Gasteiger partial charge in [0, 0.05) is 5.39 Å². The Hall–Kier alpha value is -2.82. The molecule has 24 heavy (non-hydrogen) atoms. The van der Waals surface area contributed by atoms with Crippen LogP contribution in [0.5, 0.6) is 5.75 Å². The fourth-order valence-corrected chi connectivity index (χ4v) is 2.50. The van der Waals surface area contributed by atoms with Gasteiger partial charge in [0.05, 0.1) is 12.6 Å². The second kappa shape index (κ2) is 6.74. The molecule has 124 valence electrons. The number of halogens is 1. The molecule has 5 heteroatoms. The highest BCUT2D eigenvalue weighted by Gasteiger charge is 2.16. The van der Waals surface area contributed by atoms with Gasteiger partial charge in [0.15, 0.2) is 5.76 Å². The van der Waals surface area contributed by atoms with E-state index in [0.717, 1.165) is 11.3 Å². The van der Waals surface area contributed by atoms with Crippen molar-refractivity contribution in [3.8, 4) is 5.75 Å². The minimum Gasteiger partial charge on any atom is -0.494 e. The van der Waals surface area contributed by atoms with Gasteiger partial charge in [-0.1, -0.05) is 12.1 Å². The molecule has 0 aliphatic rings. The summed E-state index contributed by atoms with van der Waals surface area (Å²) >= 11 is 0. The lowest BCUT2D eigenvalue weighted by Crippen LogP contribution is -2.26. The number of fused-ring (bicyclic) bond motifs is 1. The largest absolute Gasteiger partial charge is 0.494 e. The molecule has 0 aliphatic heterocycles. The van der Waals surface area contributed by atoms with Gasteiger partial charge in [0.1, 0.15) is 17.1 Å². The zero-order valence-corrected chi connectivity index (χ0v) is 13.5. The number of furan rings is 1. The first-order chi connectivity index (χ1) is 11.6. The van der Waals surface area contributed by atoms with E-state index in [1.54, 1.807) is 6.07 Å². The molecule has 1 unspecified atom stereocenters. The summed E-state index contributed by atoms with van der Waals surface area (Å²) in [5.41, 5.74) is 1.43. The van der Waals surface area contributed by atoms with Gasteiger partial charge in [-0.05, 0) is 55.8 Å². The van der Waals surface area contributed by atoms with Crippen molar-refractivity contribution in [2.75, 3.05) is 6.61 Å². The van der Waals surface area contributed by atoms with E-state index in [2.05, 4.69) is 5.32 Å². The number of benzene rings is 2. The normalized spacial score (nSPS) is 12.1. The monoisotopic (exact) mass is 327 g/mol. The van der Waals surface area contributed by atoms with Crippen LogP contribution in [-0.4, -0.2) is 12.5 Å². The Kier molecular flexibility index (Phi) is 4.51. The van der Waals surface area contributed by atoms with E-state index < -0.39 is 0 Å². The molecule has 0 fully saturated rings. The maximum atomic E-state index is 13.2. The summed E-state index contributed by atoms with van der Waals surface area (Å²) in [5, 5.41) is 3.44. The summed E-state index contributed by atoms with van der Waals surface area (Å²) in [6, 6.07) is 13.0. The van der Waals surface area contributed by atoms with E-state index in [4.69, 9.17) is 9.15 Å². The number of carbonyl (C=O) groups excluding carboxylic acids is 1. The van der Waals surface area contributed by atoms with E-state index in [0.29, 0.717) is 17.6 Å². The topological polar surface area (TPSA) is 51.5 Å². The van der Waals surface area contributed by atoms with Crippen molar-refractivity contribution in [3.05, 3.63) is 65.7 Å². The van der Waals surface area contributed by atoms with E-state index in [9.17, 15) is 9.18 Å². The Balaban J connectivity index is 1.72. The zero-order valence-electron chi connectivity index (χ0n) is 13.5. The van der Waals surface area contributed by atoms with Crippen molar-refractivity contribution in [3.63, 3.8) is 0 Å². The second-order valence-electron chi connectivity index (χ2n) is 5.49. The highest BCUT2D eigenvalue weighted by Crippen LogP contribution is 2.22. The molecule has 0 spiro atoms. The summed E-state index contributed by atoms with van der Waals surface area (Å²) in [6.07, 6.45) is 0. The van der Waals surface area contributed by atoms with Crippen LogP contribution in [0.1, 0.15) is 36.0 Å². The molecular formula is C19H18FNO3. The zero-order chi connectivity index (χ0) is 17.1. The fraction of sp³-hybridized carbons (Fsp3) is 0.211. The molecule has 1 aromatic heterocycles. The second-order valence-corrected chi connectivity index (χ2v) is 5.49. The van der Waals surface area contributed by atoms with Crippen LogP contribution in [0.4, 0.5) is 4.39 Å². The van der Waals surface area contributed by atoms with Crippen molar-refractivity contribution in [2.24, 2.45) is 0 Å². The molecule has 1 heterocycles. The third-order valence-corrected chi connectivity index (χ3v) is 3.74. The smallest absolute Gasteiger partial charge is 0.287 e.